The molecule has 0 spiro atoms. The summed E-state index contributed by atoms with van der Waals surface area (Å²) in [6.07, 6.45) is 0. The molecule has 1 aliphatic carbocycles. The first-order valence-corrected chi connectivity index (χ1v) is 9.38. The van der Waals surface area contributed by atoms with E-state index in [2.05, 4.69) is 10.6 Å². The highest BCUT2D eigenvalue weighted by Crippen LogP contribution is 2.36. The van der Waals surface area contributed by atoms with E-state index in [1.54, 1.807) is 24.3 Å². The minimum atomic E-state index is -0.395. The largest absolute Gasteiger partial charge is 0.343 e. The van der Waals surface area contributed by atoms with Crippen LogP contribution in [0.3, 0.4) is 0 Å². The molecule has 0 fully saturated rings. The maximum Gasteiger partial charge on any atom is 0.251 e. The van der Waals surface area contributed by atoms with E-state index in [-0.39, 0.29) is 18.2 Å². The number of anilines is 1. The number of para-hydroxylation sites is 1. The SMILES string of the molecule is Cc1cccc(C)c1NC(=O)CNC(=O)c1ccc2c(c1)C(=O)c1ccccc1-2. The fourth-order valence-corrected chi connectivity index (χ4v) is 3.63. The lowest BCUT2D eigenvalue weighted by molar-refractivity contribution is -0.115. The molecule has 0 heterocycles. The van der Waals surface area contributed by atoms with Crippen molar-refractivity contribution >= 4 is 23.3 Å². The minimum Gasteiger partial charge on any atom is -0.343 e. The summed E-state index contributed by atoms with van der Waals surface area (Å²) in [4.78, 5) is 37.4. The van der Waals surface area contributed by atoms with Gasteiger partial charge < -0.3 is 10.6 Å². The number of hydrogen-bond donors (Lipinski definition) is 2. The molecule has 2 N–H and O–H groups in total. The monoisotopic (exact) mass is 384 g/mol. The van der Waals surface area contributed by atoms with Gasteiger partial charge in [-0.05, 0) is 48.2 Å². The van der Waals surface area contributed by atoms with Crippen LogP contribution in [0.15, 0.2) is 60.7 Å². The van der Waals surface area contributed by atoms with Crippen LogP contribution in [0, 0.1) is 13.8 Å². The Labute approximate surface area is 168 Å². The highest BCUT2D eigenvalue weighted by atomic mass is 16.2. The van der Waals surface area contributed by atoms with Gasteiger partial charge in [0, 0.05) is 22.4 Å². The predicted octanol–water partition coefficient (Wildman–Crippen LogP) is 3.88. The number of hydrogen-bond acceptors (Lipinski definition) is 3. The molecule has 5 heteroatoms. The average molecular weight is 384 g/mol. The number of rotatable bonds is 4. The van der Waals surface area contributed by atoms with Crippen molar-refractivity contribution in [3.63, 3.8) is 0 Å². The molecule has 0 aromatic heterocycles. The van der Waals surface area contributed by atoms with Gasteiger partial charge in [-0.2, -0.15) is 0 Å². The molecule has 0 unspecified atom stereocenters. The molecule has 3 aromatic carbocycles. The Morgan fingerprint density at radius 3 is 2.17 bits per heavy atom. The van der Waals surface area contributed by atoms with Crippen LogP contribution in [0.5, 0.6) is 0 Å². The molecule has 0 aliphatic heterocycles. The number of ketones is 1. The van der Waals surface area contributed by atoms with Crippen molar-refractivity contribution in [3.8, 4) is 11.1 Å². The molecule has 0 saturated heterocycles. The van der Waals surface area contributed by atoms with Gasteiger partial charge in [-0.15, -0.1) is 0 Å². The van der Waals surface area contributed by atoms with Crippen molar-refractivity contribution in [1.29, 1.82) is 0 Å². The molecule has 3 aromatic rings. The summed E-state index contributed by atoms with van der Waals surface area (Å²) in [7, 11) is 0. The standard InChI is InChI=1S/C24H20N2O3/c1-14-6-5-7-15(2)22(14)26-21(27)13-25-24(29)16-10-11-18-17-8-3-4-9-19(17)23(28)20(18)12-16/h3-12H,13H2,1-2H3,(H,25,29)(H,26,27). The van der Waals surface area contributed by atoms with E-state index >= 15 is 0 Å². The van der Waals surface area contributed by atoms with Crippen LogP contribution in [0.25, 0.3) is 11.1 Å². The predicted molar refractivity (Wildman–Crippen MR) is 112 cm³/mol. The van der Waals surface area contributed by atoms with Crippen molar-refractivity contribution in [2.24, 2.45) is 0 Å². The zero-order valence-corrected chi connectivity index (χ0v) is 16.2. The van der Waals surface area contributed by atoms with Gasteiger partial charge in [0.2, 0.25) is 5.91 Å². The Morgan fingerprint density at radius 1 is 0.793 bits per heavy atom. The highest BCUT2D eigenvalue weighted by molar-refractivity contribution is 6.22. The van der Waals surface area contributed by atoms with Crippen molar-refractivity contribution < 1.29 is 14.4 Å². The number of nitrogens with one attached hydrogen (secondary N) is 2. The van der Waals surface area contributed by atoms with Crippen molar-refractivity contribution in [1.82, 2.24) is 5.32 Å². The molecule has 2 amide bonds. The first kappa shape index (κ1) is 18.6. The maximum atomic E-state index is 12.6. The van der Waals surface area contributed by atoms with Gasteiger partial charge in [-0.3, -0.25) is 14.4 Å². The molecule has 4 rings (SSSR count). The molecule has 0 radical (unpaired) electrons. The summed E-state index contributed by atoms with van der Waals surface area (Å²) in [5.41, 5.74) is 5.90. The van der Waals surface area contributed by atoms with Gasteiger partial charge in [0.1, 0.15) is 0 Å². The topological polar surface area (TPSA) is 75.3 Å². The summed E-state index contributed by atoms with van der Waals surface area (Å²) in [5, 5.41) is 5.46. The zero-order chi connectivity index (χ0) is 20.5. The van der Waals surface area contributed by atoms with E-state index in [0.29, 0.717) is 16.7 Å². The van der Waals surface area contributed by atoms with E-state index in [4.69, 9.17) is 0 Å². The average Bonchev–Trinajstić information content (AvgIpc) is 3.01. The second kappa shape index (κ2) is 7.36. The van der Waals surface area contributed by atoms with Gasteiger partial charge in [-0.25, -0.2) is 0 Å². The molecular weight excluding hydrogens is 364 g/mol. The molecular formula is C24H20N2O3. The van der Waals surface area contributed by atoms with Crippen molar-refractivity contribution in [3.05, 3.63) is 88.5 Å². The summed E-state index contributed by atoms with van der Waals surface area (Å²) in [5.74, 6) is -0.786. The highest BCUT2D eigenvalue weighted by Gasteiger charge is 2.27. The molecule has 1 aliphatic rings. The number of fused-ring (bicyclic) bond motifs is 3. The van der Waals surface area contributed by atoms with Crippen LogP contribution in [0.4, 0.5) is 5.69 Å². The van der Waals surface area contributed by atoms with Gasteiger partial charge in [0.15, 0.2) is 5.78 Å². The molecule has 29 heavy (non-hydrogen) atoms. The number of aryl methyl sites for hydroxylation is 2. The maximum absolute atomic E-state index is 12.6. The Kier molecular flexibility index (Phi) is 4.72. The summed E-state index contributed by atoms with van der Waals surface area (Å²) in [6, 6.07) is 18.2. The van der Waals surface area contributed by atoms with Gasteiger partial charge in [0.05, 0.1) is 6.54 Å². The lowest BCUT2D eigenvalue weighted by Gasteiger charge is -2.12. The van der Waals surface area contributed by atoms with E-state index in [1.165, 1.54) is 0 Å². The summed E-state index contributed by atoms with van der Waals surface area (Å²) >= 11 is 0. The fourth-order valence-electron chi connectivity index (χ4n) is 3.63. The number of carbonyl (C=O) groups is 3. The van der Waals surface area contributed by atoms with E-state index in [0.717, 1.165) is 27.9 Å². The van der Waals surface area contributed by atoms with Crippen LogP contribution in [-0.4, -0.2) is 24.1 Å². The zero-order valence-electron chi connectivity index (χ0n) is 16.2. The van der Waals surface area contributed by atoms with Crippen LogP contribution in [0.2, 0.25) is 0 Å². The quantitative estimate of drug-likeness (QED) is 0.561. The van der Waals surface area contributed by atoms with Gasteiger partial charge in [-0.1, -0.05) is 48.5 Å². The first-order chi connectivity index (χ1) is 14.0. The molecule has 0 bridgehead atoms. The Bertz CT molecular complexity index is 1140. The third-order valence-electron chi connectivity index (χ3n) is 5.14. The molecule has 144 valence electrons. The number of benzene rings is 3. The van der Waals surface area contributed by atoms with E-state index in [9.17, 15) is 14.4 Å². The number of carbonyl (C=O) groups excluding carboxylic acids is 3. The third-order valence-corrected chi connectivity index (χ3v) is 5.14. The lowest BCUT2D eigenvalue weighted by atomic mass is 10.0. The van der Waals surface area contributed by atoms with Crippen molar-refractivity contribution in [2.45, 2.75) is 13.8 Å². The second-order valence-electron chi connectivity index (χ2n) is 7.13. The lowest BCUT2D eigenvalue weighted by Crippen LogP contribution is -2.33. The molecule has 0 atom stereocenters. The number of amides is 2. The normalized spacial score (nSPS) is 11.6. The molecule has 0 saturated carbocycles. The van der Waals surface area contributed by atoms with Crippen LogP contribution < -0.4 is 10.6 Å². The smallest absolute Gasteiger partial charge is 0.251 e. The van der Waals surface area contributed by atoms with Crippen molar-refractivity contribution in [2.75, 3.05) is 11.9 Å². The Hall–Kier alpha value is -3.73. The van der Waals surface area contributed by atoms with E-state index < -0.39 is 5.91 Å². The Balaban J connectivity index is 1.45. The first-order valence-electron chi connectivity index (χ1n) is 9.38. The molecule has 5 nitrogen and oxygen atoms in total. The summed E-state index contributed by atoms with van der Waals surface area (Å²) < 4.78 is 0. The van der Waals surface area contributed by atoms with Crippen LogP contribution in [0.1, 0.15) is 37.4 Å². The van der Waals surface area contributed by atoms with Crippen LogP contribution in [-0.2, 0) is 4.79 Å². The van der Waals surface area contributed by atoms with Gasteiger partial charge >= 0.3 is 0 Å². The third kappa shape index (κ3) is 3.43. The minimum absolute atomic E-state index is 0.0852. The van der Waals surface area contributed by atoms with E-state index in [1.807, 2.05) is 50.2 Å². The van der Waals surface area contributed by atoms with Crippen LogP contribution >= 0.6 is 0 Å². The van der Waals surface area contributed by atoms with Gasteiger partial charge in [0.25, 0.3) is 5.91 Å². The fraction of sp³-hybridized carbons (Fsp3) is 0.125. The Morgan fingerprint density at radius 2 is 1.45 bits per heavy atom. The second-order valence-corrected chi connectivity index (χ2v) is 7.13. The summed E-state index contributed by atoms with van der Waals surface area (Å²) in [6.45, 7) is 3.68.